The second-order valence-electron chi connectivity index (χ2n) is 6.61. The summed E-state index contributed by atoms with van der Waals surface area (Å²) in [4.78, 5) is 18.5. The lowest BCUT2D eigenvalue weighted by molar-refractivity contribution is -0.137. The quantitative estimate of drug-likeness (QED) is 0.638. The van der Waals surface area contributed by atoms with Crippen molar-refractivity contribution < 1.29 is 14.3 Å². The van der Waals surface area contributed by atoms with E-state index in [1.807, 2.05) is 54.7 Å². The van der Waals surface area contributed by atoms with Gasteiger partial charge in [0.05, 0.1) is 18.9 Å². The molecule has 0 unspecified atom stereocenters. The van der Waals surface area contributed by atoms with Crippen LogP contribution < -0.4 is 4.74 Å². The van der Waals surface area contributed by atoms with Gasteiger partial charge >= 0.3 is 0 Å². The van der Waals surface area contributed by atoms with E-state index in [1.54, 1.807) is 4.90 Å². The van der Waals surface area contributed by atoms with E-state index >= 15 is 0 Å². The number of morpholine rings is 1. The summed E-state index contributed by atoms with van der Waals surface area (Å²) in [5.41, 5.74) is 1.91. The molecule has 5 nitrogen and oxygen atoms in total. The van der Waals surface area contributed by atoms with E-state index in [9.17, 15) is 4.79 Å². The first kappa shape index (κ1) is 18.2. The molecule has 0 aromatic heterocycles. The Balaban J connectivity index is 1.37. The summed E-state index contributed by atoms with van der Waals surface area (Å²) in [5, 5.41) is 2.30. The molecule has 1 saturated heterocycles. The third-order valence-corrected chi connectivity index (χ3v) is 4.73. The smallest absolute Gasteiger partial charge is 0.260 e. The van der Waals surface area contributed by atoms with Crippen LogP contribution in [-0.2, 0) is 9.53 Å². The molecule has 0 aliphatic carbocycles. The molecule has 28 heavy (non-hydrogen) atoms. The minimum absolute atomic E-state index is 0.00936. The van der Waals surface area contributed by atoms with Gasteiger partial charge < -0.3 is 14.4 Å². The Labute approximate surface area is 164 Å². The zero-order valence-electron chi connectivity index (χ0n) is 15.6. The molecule has 0 spiro atoms. The second kappa shape index (κ2) is 8.67. The number of carbonyl (C=O) groups excluding carboxylic acids is 1. The molecule has 3 aromatic carbocycles. The maximum atomic E-state index is 12.1. The highest BCUT2D eigenvalue weighted by atomic mass is 16.5. The number of fused-ring (bicyclic) bond motifs is 1. The summed E-state index contributed by atoms with van der Waals surface area (Å²) in [6, 6.07) is 21.9. The molecule has 4 rings (SSSR count). The highest BCUT2D eigenvalue weighted by molar-refractivity contribution is 5.95. The van der Waals surface area contributed by atoms with Crippen LogP contribution in [0.3, 0.4) is 0 Å². The highest BCUT2D eigenvalue weighted by Crippen LogP contribution is 2.25. The van der Waals surface area contributed by atoms with E-state index in [2.05, 4.69) is 23.2 Å². The molecule has 0 N–H and O–H groups in total. The molecule has 0 saturated carbocycles. The Kier molecular flexibility index (Phi) is 5.64. The Morgan fingerprint density at radius 1 is 1.00 bits per heavy atom. The zero-order valence-corrected chi connectivity index (χ0v) is 15.6. The van der Waals surface area contributed by atoms with Crippen molar-refractivity contribution in [1.29, 1.82) is 0 Å². The summed E-state index contributed by atoms with van der Waals surface area (Å²) in [7, 11) is 0. The maximum absolute atomic E-state index is 12.1. The first-order chi connectivity index (χ1) is 13.8. The van der Waals surface area contributed by atoms with Crippen molar-refractivity contribution in [2.24, 2.45) is 4.99 Å². The van der Waals surface area contributed by atoms with Gasteiger partial charge in [-0.3, -0.25) is 9.79 Å². The van der Waals surface area contributed by atoms with Crippen molar-refractivity contribution in [1.82, 2.24) is 4.90 Å². The summed E-state index contributed by atoms with van der Waals surface area (Å²) in [5.74, 6) is 0.661. The third-order valence-electron chi connectivity index (χ3n) is 4.73. The molecule has 1 amide bonds. The molecule has 0 radical (unpaired) electrons. The molecule has 142 valence electrons. The lowest BCUT2D eigenvalue weighted by atomic mass is 10.1. The number of nitrogens with zero attached hydrogens (tertiary/aromatic N) is 2. The minimum Gasteiger partial charge on any atom is -0.484 e. The fourth-order valence-electron chi connectivity index (χ4n) is 3.16. The van der Waals surface area contributed by atoms with Crippen LogP contribution in [-0.4, -0.2) is 49.9 Å². The van der Waals surface area contributed by atoms with Crippen molar-refractivity contribution in [3.8, 4) is 5.75 Å². The van der Waals surface area contributed by atoms with Gasteiger partial charge in [0.15, 0.2) is 6.61 Å². The van der Waals surface area contributed by atoms with Crippen LogP contribution in [0.2, 0.25) is 0 Å². The Bertz CT molecular complexity index is 971. The number of amides is 1. The van der Waals surface area contributed by atoms with Crippen molar-refractivity contribution in [3.63, 3.8) is 0 Å². The van der Waals surface area contributed by atoms with Crippen molar-refractivity contribution >= 4 is 28.6 Å². The predicted molar refractivity (Wildman–Crippen MR) is 111 cm³/mol. The molecule has 0 bridgehead atoms. The van der Waals surface area contributed by atoms with E-state index in [1.165, 1.54) is 5.39 Å². The van der Waals surface area contributed by atoms with Gasteiger partial charge in [-0.05, 0) is 41.3 Å². The van der Waals surface area contributed by atoms with Gasteiger partial charge in [-0.25, -0.2) is 0 Å². The second-order valence-corrected chi connectivity index (χ2v) is 6.61. The van der Waals surface area contributed by atoms with Crippen LogP contribution >= 0.6 is 0 Å². The Morgan fingerprint density at radius 2 is 1.75 bits per heavy atom. The van der Waals surface area contributed by atoms with Gasteiger partial charge in [0.25, 0.3) is 5.91 Å². The van der Waals surface area contributed by atoms with Gasteiger partial charge in [-0.1, -0.05) is 36.4 Å². The van der Waals surface area contributed by atoms with E-state index in [0.29, 0.717) is 32.1 Å². The summed E-state index contributed by atoms with van der Waals surface area (Å²) < 4.78 is 10.9. The fourth-order valence-corrected chi connectivity index (χ4v) is 3.16. The predicted octanol–water partition coefficient (Wildman–Crippen LogP) is 3.83. The van der Waals surface area contributed by atoms with Crippen LogP contribution in [0, 0.1) is 0 Å². The molecule has 1 heterocycles. The zero-order chi connectivity index (χ0) is 19.2. The number of rotatable bonds is 5. The van der Waals surface area contributed by atoms with Gasteiger partial charge in [-0.2, -0.15) is 0 Å². The molecule has 1 fully saturated rings. The number of benzene rings is 3. The molecular formula is C23H22N2O3. The average molecular weight is 374 g/mol. The lowest BCUT2D eigenvalue weighted by Gasteiger charge is -2.26. The minimum atomic E-state index is -0.00936. The number of hydrogen-bond donors (Lipinski definition) is 0. The molecule has 5 heteroatoms. The van der Waals surface area contributed by atoms with Gasteiger partial charge in [0.2, 0.25) is 0 Å². The maximum Gasteiger partial charge on any atom is 0.260 e. The normalized spacial score (nSPS) is 14.5. The van der Waals surface area contributed by atoms with E-state index in [0.717, 1.165) is 16.6 Å². The first-order valence-corrected chi connectivity index (χ1v) is 9.40. The Hall–Kier alpha value is -3.18. The van der Waals surface area contributed by atoms with Crippen LogP contribution in [0.25, 0.3) is 10.8 Å². The van der Waals surface area contributed by atoms with Crippen molar-refractivity contribution in [2.45, 2.75) is 0 Å². The van der Waals surface area contributed by atoms with Crippen LogP contribution in [0.5, 0.6) is 5.75 Å². The molecule has 1 aliphatic rings. The standard InChI is InChI=1S/C23H22N2O3/c26-23(25-12-14-27-15-13-25)17-28-20-10-8-18(9-11-20)16-24-22-7-3-5-19-4-1-2-6-21(19)22/h1-11,16H,12-15,17H2. The number of aliphatic imine (C=N–C) groups is 1. The molecular weight excluding hydrogens is 352 g/mol. The van der Waals surface area contributed by atoms with Crippen LogP contribution in [0.1, 0.15) is 5.56 Å². The first-order valence-electron chi connectivity index (χ1n) is 9.40. The van der Waals surface area contributed by atoms with E-state index in [4.69, 9.17) is 9.47 Å². The van der Waals surface area contributed by atoms with Crippen molar-refractivity contribution in [2.75, 3.05) is 32.9 Å². The number of ether oxygens (including phenoxy) is 2. The molecule has 3 aromatic rings. The van der Waals surface area contributed by atoms with Crippen molar-refractivity contribution in [3.05, 3.63) is 72.3 Å². The van der Waals surface area contributed by atoms with Gasteiger partial charge in [0, 0.05) is 24.7 Å². The van der Waals surface area contributed by atoms with Crippen LogP contribution in [0.15, 0.2) is 71.7 Å². The Morgan fingerprint density at radius 3 is 2.57 bits per heavy atom. The van der Waals surface area contributed by atoms with Gasteiger partial charge in [0.1, 0.15) is 5.75 Å². The SMILES string of the molecule is O=C(COc1ccc(C=Nc2cccc3ccccc23)cc1)N1CCOCC1. The monoisotopic (exact) mass is 374 g/mol. The third kappa shape index (κ3) is 4.38. The van der Waals surface area contributed by atoms with Gasteiger partial charge in [-0.15, -0.1) is 0 Å². The number of hydrogen-bond acceptors (Lipinski definition) is 4. The summed E-state index contributed by atoms with van der Waals surface area (Å²) >= 11 is 0. The lowest BCUT2D eigenvalue weighted by Crippen LogP contribution is -2.42. The van der Waals surface area contributed by atoms with E-state index < -0.39 is 0 Å². The molecule has 1 aliphatic heterocycles. The number of carbonyl (C=O) groups is 1. The largest absolute Gasteiger partial charge is 0.484 e. The average Bonchev–Trinajstić information content (AvgIpc) is 2.77. The summed E-state index contributed by atoms with van der Waals surface area (Å²) in [6.07, 6.45) is 1.84. The molecule has 0 atom stereocenters. The van der Waals surface area contributed by atoms with Crippen LogP contribution in [0.4, 0.5) is 5.69 Å². The highest BCUT2D eigenvalue weighted by Gasteiger charge is 2.16. The topological polar surface area (TPSA) is 51.1 Å². The van der Waals surface area contributed by atoms with E-state index in [-0.39, 0.29) is 12.5 Å². The summed E-state index contributed by atoms with van der Waals surface area (Å²) in [6.45, 7) is 2.49. The fraction of sp³-hybridized carbons (Fsp3) is 0.217.